The number of carbonyl (C=O) groups excluding carboxylic acids is 1. The van der Waals surface area contributed by atoms with E-state index in [1.54, 1.807) is 12.1 Å². The fourth-order valence-corrected chi connectivity index (χ4v) is 3.58. The van der Waals surface area contributed by atoms with E-state index in [0.29, 0.717) is 29.8 Å². The van der Waals surface area contributed by atoms with Crippen LogP contribution in [0.15, 0.2) is 48.5 Å². The van der Waals surface area contributed by atoms with E-state index in [1.165, 1.54) is 37.7 Å². The molecule has 0 radical (unpaired) electrons. The van der Waals surface area contributed by atoms with Crippen LogP contribution in [0.1, 0.15) is 43.6 Å². The summed E-state index contributed by atoms with van der Waals surface area (Å²) in [5.74, 6) is 1.84. The molecule has 2 aromatic rings. The quantitative estimate of drug-likeness (QED) is 0.651. The fourth-order valence-electron chi connectivity index (χ4n) is 3.39. The van der Waals surface area contributed by atoms with Gasteiger partial charge in [0.1, 0.15) is 18.1 Å². The molecule has 4 nitrogen and oxygen atoms in total. The average Bonchev–Trinajstić information content (AvgIpc) is 2.72. The van der Waals surface area contributed by atoms with Crippen molar-refractivity contribution in [3.8, 4) is 11.5 Å². The highest BCUT2D eigenvalue weighted by Crippen LogP contribution is 2.33. The van der Waals surface area contributed by atoms with Crippen LogP contribution in [0.3, 0.4) is 0 Å². The summed E-state index contributed by atoms with van der Waals surface area (Å²) >= 11 is 6.01. The molecule has 1 N–H and O–H groups in total. The molecule has 0 saturated heterocycles. The molecule has 1 saturated carbocycles. The second-order valence-corrected chi connectivity index (χ2v) is 7.23. The van der Waals surface area contributed by atoms with E-state index in [1.807, 2.05) is 24.3 Å². The first-order valence-electron chi connectivity index (χ1n) is 9.59. The third kappa shape index (κ3) is 6.17. The second-order valence-electron chi connectivity index (χ2n) is 6.82. The Kier molecular flexibility index (Phi) is 7.40. The van der Waals surface area contributed by atoms with E-state index >= 15 is 0 Å². The number of halogens is 1. The largest absolute Gasteiger partial charge is 0.490 e. The predicted octanol–water partition coefficient (Wildman–Crippen LogP) is 4.96. The number of nitrogens with one attached hydrogen (secondary N) is 1. The zero-order valence-electron chi connectivity index (χ0n) is 15.5. The Morgan fingerprint density at radius 3 is 2.48 bits per heavy atom. The first-order chi connectivity index (χ1) is 13.2. The summed E-state index contributed by atoms with van der Waals surface area (Å²) < 4.78 is 11.1. The van der Waals surface area contributed by atoms with Crippen molar-refractivity contribution in [2.75, 3.05) is 19.8 Å². The minimum Gasteiger partial charge on any atom is -0.490 e. The number of ether oxygens (including phenoxy) is 2. The Morgan fingerprint density at radius 2 is 1.74 bits per heavy atom. The molecule has 27 heavy (non-hydrogen) atoms. The summed E-state index contributed by atoms with van der Waals surface area (Å²) in [6, 6.07) is 15.4. The van der Waals surface area contributed by atoms with Crippen molar-refractivity contribution in [1.82, 2.24) is 5.32 Å². The molecule has 0 aliphatic heterocycles. The monoisotopic (exact) mass is 387 g/mol. The Morgan fingerprint density at radius 1 is 1.00 bits per heavy atom. The summed E-state index contributed by atoms with van der Waals surface area (Å²) in [7, 11) is 0. The van der Waals surface area contributed by atoms with E-state index in [2.05, 4.69) is 17.4 Å². The van der Waals surface area contributed by atoms with Gasteiger partial charge in [-0.25, -0.2) is 0 Å². The maximum absolute atomic E-state index is 11.9. The molecule has 2 aromatic carbocycles. The van der Waals surface area contributed by atoms with E-state index in [-0.39, 0.29) is 12.5 Å². The van der Waals surface area contributed by atoms with Gasteiger partial charge in [-0.2, -0.15) is 0 Å². The zero-order chi connectivity index (χ0) is 18.9. The van der Waals surface area contributed by atoms with Gasteiger partial charge in [0, 0.05) is 0 Å². The van der Waals surface area contributed by atoms with Crippen molar-refractivity contribution in [2.24, 2.45) is 0 Å². The number of carbonyl (C=O) groups is 1. The molecular weight excluding hydrogens is 362 g/mol. The minimum absolute atomic E-state index is 0.00509. The Bertz CT molecular complexity index is 727. The number of amides is 1. The first kappa shape index (κ1) is 19.6. The molecule has 1 aliphatic carbocycles. The lowest BCUT2D eigenvalue weighted by Crippen LogP contribution is -2.32. The molecule has 0 spiro atoms. The average molecular weight is 388 g/mol. The summed E-state index contributed by atoms with van der Waals surface area (Å²) in [5, 5.41) is 3.33. The third-order valence-electron chi connectivity index (χ3n) is 4.85. The van der Waals surface area contributed by atoms with Gasteiger partial charge in [0.05, 0.1) is 11.6 Å². The van der Waals surface area contributed by atoms with Crippen molar-refractivity contribution >= 4 is 17.5 Å². The third-order valence-corrected chi connectivity index (χ3v) is 5.16. The zero-order valence-corrected chi connectivity index (χ0v) is 16.2. The molecule has 0 aromatic heterocycles. The lowest BCUT2D eigenvalue weighted by Gasteiger charge is -2.22. The van der Waals surface area contributed by atoms with Gasteiger partial charge in [0.2, 0.25) is 0 Å². The van der Waals surface area contributed by atoms with Crippen molar-refractivity contribution in [1.29, 1.82) is 0 Å². The van der Waals surface area contributed by atoms with Crippen LogP contribution in [-0.4, -0.2) is 25.7 Å². The van der Waals surface area contributed by atoms with Gasteiger partial charge in [0.15, 0.2) is 6.61 Å². The maximum atomic E-state index is 11.9. The molecule has 1 fully saturated rings. The van der Waals surface area contributed by atoms with Crippen LogP contribution in [-0.2, 0) is 4.79 Å². The van der Waals surface area contributed by atoms with E-state index in [0.717, 1.165) is 5.75 Å². The van der Waals surface area contributed by atoms with Gasteiger partial charge >= 0.3 is 0 Å². The molecule has 1 amide bonds. The van der Waals surface area contributed by atoms with Crippen molar-refractivity contribution in [3.63, 3.8) is 0 Å². The first-order valence-corrected chi connectivity index (χ1v) is 9.97. The number of benzene rings is 2. The summed E-state index contributed by atoms with van der Waals surface area (Å²) in [5.41, 5.74) is 1.38. The van der Waals surface area contributed by atoms with Crippen LogP contribution in [0.2, 0.25) is 5.02 Å². The summed E-state index contributed by atoms with van der Waals surface area (Å²) in [6.45, 7) is 0.745. The van der Waals surface area contributed by atoms with E-state index in [9.17, 15) is 4.79 Å². The predicted molar refractivity (Wildman–Crippen MR) is 108 cm³/mol. The normalized spacial score (nSPS) is 14.6. The van der Waals surface area contributed by atoms with Gasteiger partial charge in [-0.15, -0.1) is 0 Å². The molecule has 0 unspecified atom stereocenters. The Labute approximate surface area is 165 Å². The van der Waals surface area contributed by atoms with Gasteiger partial charge in [-0.05, 0) is 48.6 Å². The summed E-state index contributed by atoms with van der Waals surface area (Å²) in [4.78, 5) is 11.9. The highest BCUT2D eigenvalue weighted by atomic mass is 35.5. The maximum Gasteiger partial charge on any atom is 0.258 e. The molecule has 144 valence electrons. The summed E-state index contributed by atoms with van der Waals surface area (Å²) in [6.07, 6.45) is 6.56. The lowest BCUT2D eigenvalue weighted by molar-refractivity contribution is -0.123. The van der Waals surface area contributed by atoms with Gasteiger partial charge < -0.3 is 14.8 Å². The van der Waals surface area contributed by atoms with Gasteiger partial charge in [-0.1, -0.05) is 55.1 Å². The SMILES string of the molecule is O=C(COc1ccc(C2CCCCC2)cc1)NCCOc1ccccc1Cl. The topological polar surface area (TPSA) is 47.6 Å². The van der Waals surface area contributed by atoms with E-state index < -0.39 is 0 Å². The molecule has 1 aliphatic rings. The molecular formula is C22H26ClNO3. The van der Waals surface area contributed by atoms with Crippen molar-refractivity contribution in [3.05, 3.63) is 59.1 Å². The van der Waals surface area contributed by atoms with Crippen LogP contribution in [0, 0.1) is 0 Å². The highest BCUT2D eigenvalue weighted by Gasteiger charge is 2.15. The Hall–Kier alpha value is -2.20. The van der Waals surface area contributed by atoms with Crippen LogP contribution in [0.4, 0.5) is 0 Å². The number of para-hydroxylation sites is 1. The number of rotatable bonds is 8. The molecule has 3 rings (SSSR count). The minimum atomic E-state index is -0.172. The Balaban J connectivity index is 1.34. The van der Waals surface area contributed by atoms with Gasteiger partial charge in [0.25, 0.3) is 5.91 Å². The molecule has 0 atom stereocenters. The van der Waals surface area contributed by atoms with Crippen LogP contribution >= 0.6 is 11.6 Å². The smallest absolute Gasteiger partial charge is 0.258 e. The fraction of sp³-hybridized carbons (Fsp3) is 0.409. The standard InChI is InChI=1S/C22H26ClNO3/c23-20-8-4-5-9-21(20)26-15-14-24-22(25)16-27-19-12-10-18(11-13-19)17-6-2-1-3-7-17/h4-5,8-13,17H,1-3,6-7,14-16H2,(H,24,25). The number of hydrogen-bond acceptors (Lipinski definition) is 3. The molecule has 0 heterocycles. The lowest BCUT2D eigenvalue weighted by atomic mass is 9.84. The van der Waals surface area contributed by atoms with Crippen LogP contribution < -0.4 is 14.8 Å². The molecule has 5 heteroatoms. The highest BCUT2D eigenvalue weighted by molar-refractivity contribution is 6.32. The molecule has 0 bridgehead atoms. The van der Waals surface area contributed by atoms with E-state index in [4.69, 9.17) is 21.1 Å². The van der Waals surface area contributed by atoms with Crippen LogP contribution in [0.5, 0.6) is 11.5 Å². The van der Waals surface area contributed by atoms with Gasteiger partial charge in [-0.3, -0.25) is 4.79 Å². The van der Waals surface area contributed by atoms with Crippen molar-refractivity contribution < 1.29 is 14.3 Å². The van der Waals surface area contributed by atoms with Crippen LogP contribution in [0.25, 0.3) is 0 Å². The second kappa shape index (κ2) is 10.2. The number of hydrogen-bond donors (Lipinski definition) is 1. The van der Waals surface area contributed by atoms with Crippen molar-refractivity contribution in [2.45, 2.75) is 38.0 Å².